The third-order valence-corrected chi connectivity index (χ3v) is 4.39. The maximum absolute atomic E-state index is 12.5. The van der Waals surface area contributed by atoms with Gasteiger partial charge >= 0.3 is 11.7 Å². The Labute approximate surface area is 135 Å². The Bertz CT molecular complexity index is 721. The van der Waals surface area contributed by atoms with Crippen LogP contribution in [0.3, 0.4) is 0 Å². The number of halogens is 1. The topological polar surface area (TPSA) is 86.3 Å². The number of hydrogen-bond acceptors (Lipinski definition) is 5. The minimum atomic E-state index is -1.09. The van der Waals surface area contributed by atoms with Gasteiger partial charge in [-0.3, -0.25) is 4.57 Å². The van der Waals surface area contributed by atoms with Crippen LogP contribution in [0.25, 0.3) is 10.7 Å². The van der Waals surface area contributed by atoms with Crippen LogP contribution in [0.15, 0.2) is 16.9 Å². The summed E-state index contributed by atoms with van der Waals surface area (Å²) in [6, 6.07) is 2.47. The highest BCUT2D eigenvalue weighted by Gasteiger charge is 2.25. The first-order valence-electron chi connectivity index (χ1n) is 6.66. The molecule has 0 fully saturated rings. The number of thiophene rings is 1. The predicted octanol–water partition coefficient (Wildman–Crippen LogP) is 2.11. The van der Waals surface area contributed by atoms with Gasteiger partial charge in [0, 0.05) is 7.11 Å². The van der Waals surface area contributed by atoms with Gasteiger partial charge in [0.15, 0.2) is 11.9 Å². The van der Waals surface area contributed by atoms with E-state index in [9.17, 15) is 14.7 Å². The number of ether oxygens (including phenoxy) is 1. The van der Waals surface area contributed by atoms with Crippen LogP contribution >= 0.6 is 22.9 Å². The summed E-state index contributed by atoms with van der Waals surface area (Å²) < 4.78 is 8.00. The molecule has 0 aliphatic heterocycles. The molecule has 0 radical (unpaired) electrons. The van der Waals surface area contributed by atoms with Crippen molar-refractivity contribution in [1.82, 2.24) is 14.3 Å². The summed E-state index contributed by atoms with van der Waals surface area (Å²) in [4.78, 5) is 24.5. The Morgan fingerprint density at radius 1 is 1.55 bits per heavy atom. The Morgan fingerprint density at radius 3 is 2.77 bits per heavy atom. The van der Waals surface area contributed by atoms with Gasteiger partial charge in [0.25, 0.3) is 0 Å². The molecule has 7 nitrogen and oxygen atoms in total. The molecule has 1 atom stereocenters. The van der Waals surface area contributed by atoms with Gasteiger partial charge in [0.2, 0.25) is 0 Å². The summed E-state index contributed by atoms with van der Waals surface area (Å²) in [5.41, 5.74) is -0.467. The molecule has 2 aromatic heterocycles. The molecule has 0 aromatic carbocycles. The van der Waals surface area contributed by atoms with E-state index in [2.05, 4.69) is 5.10 Å². The number of aromatic nitrogens is 3. The molecule has 2 aromatic rings. The quantitative estimate of drug-likeness (QED) is 0.830. The van der Waals surface area contributed by atoms with E-state index in [0.717, 1.165) is 4.68 Å². The molecule has 0 aliphatic rings. The number of carbonyl (C=O) groups is 1. The molecule has 22 heavy (non-hydrogen) atoms. The SMILES string of the molecule is CCC(C(=O)O)n1nc(-c2ccc(Cl)s2)n(CCOC)c1=O. The van der Waals surface area contributed by atoms with Crippen molar-refractivity contribution in [2.45, 2.75) is 25.9 Å². The van der Waals surface area contributed by atoms with Crippen molar-refractivity contribution in [2.75, 3.05) is 13.7 Å². The van der Waals surface area contributed by atoms with Crippen LogP contribution in [-0.2, 0) is 16.1 Å². The van der Waals surface area contributed by atoms with E-state index in [-0.39, 0.29) is 13.0 Å². The molecule has 9 heteroatoms. The van der Waals surface area contributed by atoms with Crippen molar-refractivity contribution in [1.29, 1.82) is 0 Å². The fraction of sp³-hybridized carbons (Fsp3) is 0.462. The fourth-order valence-corrected chi connectivity index (χ4v) is 3.11. The lowest BCUT2D eigenvalue weighted by Gasteiger charge is -2.07. The van der Waals surface area contributed by atoms with E-state index in [1.54, 1.807) is 19.1 Å². The summed E-state index contributed by atoms with van der Waals surface area (Å²) >= 11 is 7.21. The first-order chi connectivity index (χ1) is 10.5. The largest absolute Gasteiger partial charge is 0.480 e. The summed E-state index contributed by atoms with van der Waals surface area (Å²) in [7, 11) is 1.53. The van der Waals surface area contributed by atoms with Crippen LogP contribution in [0.1, 0.15) is 19.4 Å². The van der Waals surface area contributed by atoms with E-state index in [1.165, 1.54) is 23.0 Å². The third-order valence-electron chi connectivity index (χ3n) is 3.16. The highest BCUT2D eigenvalue weighted by Crippen LogP contribution is 2.29. The number of aliphatic carboxylic acids is 1. The molecule has 2 heterocycles. The third kappa shape index (κ3) is 3.23. The minimum Gasteiger partial charge on any atom is -0.480 e. The number of hydrogen-bond donors (Lipinski definition) is 1. The molecule has 0 aliphatic carbocycles. The van der Waals surface area contributed by atoms with Gasteiger partial charge < -0.3 is 9.84 Å². The van der Waals surface area contributed by atoms with Gasteiger partial charge in [0.1, 0.15) is 0 Å². The normalized spacial score (nSPS) is 12.5. The summed E-state index contributed by atoms with van der Waals surface area (Å²) in [6.07, 6.45) is 0.265. The van der Waals surface area contributed by atoms with Gasteiger partial charge in [0.05, 0.1) is 22.4 Å². The highest BCUT2D eigenvalue weighted by atomic mass is 35.5. The Kier molecular flexibility index (Phi) is 5.38. The number of nitrogens with zero attached hydrogens (tertiary/aromatic N) is 3. The lowest BCUT2D eigenvalue weighted by Crippen LogP contribution is -2.32. The lowest BCUT2D eigenvalue weighted by molar-refractivity contribution is -0.141. The molecule has 0 saturated heterocycles. The predicted molar refractivity (Wildman–Crippen MR) is 83.6 cm³/mol. The van der Waals surface area contributed by atoms with E-state index >= 15 is 0 Å². The molecule has 0 spiro atoms. The molecular formula is C13H16ClN3O4S. The summed E-state index contributed by atoms with van der Waals surface area (Å²) in [6.45, 7) is 2.30. The Hall–Kier alpha value is -1.64. The smallest absolute Gasteiger partial charge is 0.347 e. The molecule has 1 unspecified atom stereocenters. The lowest BCUT2D eigenvalue weighted by atomic mass is 10.2. The van der Waals surface area contributed by atoms with Gasteiger partial charge in [-0.25, -0.2) is 9.59 Å². The second-order valence-corrected chi connectivity index (χ2v) is 6.28. The second-order valence-electron chi connectivity index (χ2n) is 4.56. The fourth-order valence-electron chi connectivity index (χ4n) is 2.07. The van der Waals surface area contributed by atoms with Crippen molar-refractivity contribution in [2.24, 2.45) is 0 Å². The maximum atomic E-state index is 12.5. The van der Waals surface area contributed by atoms with Crippen LogP contribution in [0.4, 0.5) is 0 Å². The van der Waals surface area contributed by atoms with Crippen LogP contribution in [0.5, 0.6) is 0 Å². The molecule has 2 rings (SSSR count). The monoisotopic (exact) mass is 345 g/mol. The van der Waals surface area contributed by atoms with Gasteiger partial charge in [-0.15, -0.1) is 16.4 Å². The van der Waals surface area contributed by atoms with Crippen molar-refractivity contribution in [3.63, 3.8) is 0 Å². The number of rotatable bonds is 7. The van der Waals surface area contributed by atoms with Crippen LogP contribution in [0, 0.1) is 0 Å². The highest BCUT2D eigenvalue weighted by molar-refractivity contribution is 7.19. The number of methoxy groups -OCH3 is 1. The molecule has 1 N–H and O–H groups in total. The van der Waals surface area contributed by atoms with E-state index < -0.39 is 17.7 Å². The summed E-state index contributed by atoms with van der Waals surface area (Å²) in [5, 5.41) is 13.5. The zero-order valence-electron chi connectivity index (χ0n) is 12.2. The van der Waals surface area contributed by atoms with Crippen LogP contribution < -0.4 is 5.69 Å². The van der Waals surface area contributed by atoms with Gasteiger partial charge in [-0.05, 0) is 18.6 Å². The molecule has 0 bridgehead atoms. The molecule has 0 amide bonds. The molecule has 0 saturated carbocycles. The molecular weight excluding hydrogens is 330 g/mol. The van der Waals surface area contributed by atoms with E-state index in [4.69, 9.17) is 16.3 Å². The summed E-state index contributed by atoms with van der Waals surface area (Å²) in [5.74, 6) is -0.685. The Balaban J connectivity index is 2.56. The zero-order valence-corrected chi connectivity index (χ0v) is 13.7. The first-order valence-corrected chi connectivity index (χ1v) is 7.85. The van der Waals surface area contributed by atoms with Crippen molar-refractivity contribution in [3.05, 3.63) is 27.0 Å². The average molecular weight is 346 g/mol. The first kappa shape index (κ1) is 16.7. The number of carboxylic acid groups (broad SMARTS) is 1. The minimum absolute atomic E-state index is 0.265. The van der Waals surface area contributed by atoms with Gasteiger partial charge in [-0.1, -0.05) is 18.5 Å². The standard InChI is InChI=1S/C13H16ClN3O4S/c1-3-8(12(18)19)17-13(20)16(6-7-21-2)11(15-17)9-4-5-10(14)22-9/h4-5,8H,3,6-7H2,1-2H3,(H,18,19). The molecule has 120 valence electrons. The maximum Gasteiger partial charge on any atom is 0.347 e. The zero-order chi connectivity index (χ0) is 16.3. The van der Waals surface area contributed by atoms with Crippen molar-refractivity contribution < 1.29 is 14.6 Å². The van der Waals surface area contributed by atoms with E-state index in [0.29, 0.717) is 21.6 Å². The van der Waals surface area contributed by atoms with Crippen LogP contribution in [0.2, 0.25) is 4.34 Å². The number of carboxylic acids is 1. The Morgan fingerprint density at radius 2 is 2.27 bits per heavy atom. The van der Waals surface area contributed by atoms with Crippen molar-refractivity contribution >= 4 is 28.9 Å². The average Bonchev–Trinajstić information content (AvgIpc) is 3.02. The van der Waals surface area contributed by atoms with E-state index in [1.807, 2.05) is 0 Å². The second kappa shape index (κ2) is 7.08. The van der Waals surface area contributed by atoms with Gasteiger partial charge in [-0.2, -0.15) is 4.68 Å². The van der Waals surface area contributed by atoms with Crippen LogP contribution in [-0.4, -0.2) is 39.1 Å². The van der Waals surface area contributed by atoms with Crippen molar-refractivity contribution in [3.8, 4) is 10.7 Å².